The van der Waals surface area contributed by atoms with E-state index in [1.807, 2.05) is 6.92 Å². The first-order valence-corrected chi connectivity index (χ1v) is 9.00. The van der Waals surface area contributed by atoms with Crippen LogP contribution in [0.25, 0.3) is 0 Å². The molecule has 1 unspecified atom stereocenters. The fourth-order valence-electron chi connectivity index (χ4n) is 2.57. The first kappa shape index (κ1) is 17.9. The lowest BCUT2D eigenvalue weighted by Gasteiger charge is -2.33. The van der Waals surface area contributed by atoms with Crippen molar-refractivity contribution in [1.29, 1.82) is 0 Å². The maximum Gasteiger partial charge on any atom is 0.248 e. The highest BCUT2D eigenvalue weighted by Gasteiger charge is 2.31. The van der Waals surface area contributed by atoms with E-state index < -0.39 is 10.0 Å². The van der Waals surface area contributed by atoms with E-state index in [0.29, 0.717) is 25.4 Å². The van der Waals surface area contributed by atoms with Crippen molar-refractivity contribution in [3.05, 3.63) is 11.5 Å². The van der Waals surface area contributed by atoms with Crippen molar-refractivity contribution in [3.8, 4) is 0 Å². The Bertz CT molecular complexity index is 650. The number of hydrogen-bond donors (Lipinski definition) is 0. The van der Waals surface area contributed by atoms with Gasteiger partial charge in [-0.15, -0.1) is 0 Å². The average molecular weight is 345 g/mol. The van der Waals surface area contributed by atoms with E-state index in [0.717, 1.165) is 10.7 Å². The minimum atomic E-state index is -3.81. The Hall–Kier alpha value is -1.45. The topological polar surface area (TPSA) is 93.0 Å². The predicted octanol–water partition coefficient (Wildman–Crippen LogP) is 0.549. The Labute approximate surface area is 136 Å². The van der Waals surface area contributed by atoms with Gasteiger partial charge in [0.05, 0.1) is 19.3 Å². The normalized spacial score (nSPS) is 19.3. The SMILES string of the molecule is CCC1CN(C(=O)CN(C)S(=O)(=O)c2c(C)noc2C)CCO1. The third-order valence-electron chi connectivity index (χ3n) is 3.94. The van der Waals surface area contributed by atoms with Crippen LogP contribution in [-0.4, -0.2) is 68.1 Å². The highest BCUT2D eigenvalue weighted by atomic mass is 32.2. The summed E-state index contributed by atoms with van der Waals surface area (Å²) >= 11 is 0. The molecule has 8 nitrogen and oxygen atoms in total. The molecule has 1 saturated heterocycles. The number of ether oxygens (including phenoxy) is 1. The number of sulfonamides is 1. The van der Waals surface area contributed by atoms with Crippen LogP contribution in [0.2, 0.25) is 0 Å². The van der Waals surface area contributed by atoms with Crippen LogP contribution < -0.4 is 0 Å². The Balaban J connectivity index is 2.09. The van der Waals surface area contributed by atoms with Gasteiger partial charge < -0.3 is 14.2 Å². The van der Waals surface area contributed by atoms with Crippen molar-refractivity contribution in [2.75, 3.05) is 33.3 Å². The zero-order valence-electron chi connectivity index (χ0n) is 13.9. The lowest BCUT2D eigenvalue weighted by molar-refractivity contribution is -0.138. The first-order chi connectivity index (χ1) is 10.8. The molecule has 1 fully saturated rings. The predicted molar refractivity (Wildman–Crippen MR) is 82.4 cm³/mol. The van der Waals surface area contributed by atoms with Crippen LogP contribution in [0.1, 0.15) is 24.8 Å². The molecule has 2 heterocycles. The average Bonchev–Trinajstić information content (AvgIpc) is 2.86. The zero-order chi connectivity index (χ0) is 17.2. The van der Waals surface area contributed by atoms with Crippen LogP contribution in [0.5, 0.6) is 0 Å². The van der Waals surface area contributed by atoms with Crippen molar-refractivity contribution >= 4 is 15.9 Å². The van der Waals surface area contributed by atoms with Gasteiger partial charge in [-0.05, 0) is 20.3 Å². The van der Waals surface area contributed by atoms with E-state index >= 15 is 0 Å². The van der Waals surface area contributed by atoms with Crippen molar-refractivity contribution < 1.29 is 22.5 Å². The van der Waals surface area contributed by atoms with Crippen LogP contribution in [-0.2, 0) is 19.6 Å². The number of rotatable bonds is 5. The minimum absolute atomic E-state index is 0.0113. The standard InChI is InChI=1S/C14H23N3O5S/c1-5-12-8-17(6-7-21-12)13(18)9-16(4)23(19,20)14-10(2)15-22-11(14)3/h12H,5-9H2,1-4H3. The quantitative estimate of drug-likeness (QED) is 0.774. The van der Waals surface area contributed by atoms with Gasteiger partial charge in [-0.1, -0.05) is 12.1 Å². The second-order valence-corrected chi connectivity index (χ2v) is 7.64. The number of hydrogen-bond acceptors (Lipinski definition) is 6. The fourth-order valence-corrected chi connectivity index (χ4v) is 3.97. The van der Waals surface area contributed by atoms with Crippen molar-refractivity contribution in [2.45, 2.75) is 38.2 Å². The lowest BCUT2D eigenvalue weighted by atomic mass is 10.2. The molecule has 1 aromatic rings. The molecular weight excluding hydrogens is 322 g/mol. The van der Waals surface area contributed by atoms with Gasteiger partial charge in [-0.25, -0.2) is 8.42 Å². The van der Waals surface area contributed by atoms with Crippen LogP contribution in [0.3, 0.4) is 0 Å². The Morgan fingerprint density at radius 2 is 2.13 bits per heavy atom. The van der Waals surface area contributed by atoms with Crippen LogP contribution in [0.15, 0.2) is 9.42 Å². The minimum Gasteiger partial charge on any atom is -0.375 e. The van der Waals surface area contributed by atoms with Crippen LogP contribution >= 0.6 is 0 Å². The molecule has 1 aliphatic heterocycles. The van der Waals surface area contributed by atoms with E-state index in [1.54, 1.807) is 11.8 Å². The third kappa shape index (κ3) is 3.73. The first-order valence-electron chi connectivity index (χ1n) is 7.56. The third-order valence-corrected chi connectivity index (χ3v) is 5.99. The van der Waals surface area contributed by atoms with E-state index in [2.05, 4.69) is 5.16 Å². The summed E-state index contributed by atoms with van der Waals surface area (Å²) in [5, 5.41) is 3.66. The Kier molecular flexibility index (Phi) is 5.43. The Morgan fingerprint density at radius 1 is 1.43 bits per heavy atom. The molecule has 1 aliphatic rings. The second-order valence-electron chi connectivity index (χ2n) is 5.66. The number of morpholine rings is 1. The maximum absolute atomic E-state index is 12.6. The largest absolute Gasteiger partial charge is 0.375 e. The highest BCUT2D eigenvalue weighted by Crippen LogP contribution is 2.22. The summed E-state index contributed by atoms with van der Waals surface area (Å²) < 4.78 is 36.7. The summed E-state index contributed by atoms with van der Waals surface area (Å²) in [6.07, 6.45) is 0.828. The van der Waals surface area contributed by atoms with Gasteiger partial charge in [0.15, 0.2) is 5.76 Å². The summed E-state index contributed by atoms with van der Waals surface area (Å²) in [6, 6.07) is 0. The van der Waals surface area contributed by atoms with E-state index in [9.17, 15) is 13.2 Å². The molecule has 0 saturated carbocycles. The molecule has 0 bridgehead atoms. The van der Waals surface area contributed by atoms with Crippen LogP contribution in [0, 0.1) is 13.8 Å². The van der Waals surface area contributed by atoms with Crippen molar-refractivity contribution in [3.63, 3.8) is 0 Å². The fraction of sp³-hybridized carbons (Fsp3) is 0.714. The van der Waals surface area contributed by atoms with Crippen molar-refractivity contribution in [2.24, 2.45) is 0 Å². The number of carbonyl (C=O) groups is 1. The number of likely N-dealkylation sites (N-methyl/N-ethyl adjacent to an activating group) is 1. The molecule has 1 atom stereocenters. The summed E-state index contributed by atoms with van der Waals surface area (Å²) in [5.41, 5.74) is 0.291. The molecule has 0 spiro atoms. The Morgan fingerprint density at radius 3 is 2.70 bits per heavy atom. The molecule has 2 rings (SSSR count). The van der Waals surface area contributed by atoms with Gasteiger partial charge in [0.1, 0.15) is 10.6 Å². The van der Waals surface area contributed by atoms with Gasteiger partial charge in [-0.3, -0.25) is 4.79 Å². The molecule has 1 aromatic heterocycles. The number of nitrogens with zero attached hydrogens (tertiary/aromatic N) is 3. The summed E-state index contributed by atoms with van der Waals surface area (Å²) in [6.45, 7) is 6.33. The summed E-state index contributed by atoms with van der Waals surface area (Å²) in [4.78, 5) is 14.1. The zero-order valence-corrected chi connectivity index (χ0v) is 14.7. The second kappa shape index (κ2) is 6.98. The monoisotopic (exact) mass is 345 g/mol. The van der Waals surface area contributed by atoms with E-state index in [4.69, 9.17) is 9.26 Å². The number of carbonyl (C=O) groups excluding carboxylic acids is 1. The highest BCUT2D eigenvalue weighted by molar-refractivity contribution is 7.89. The number of aryl methyl sites for hydroxylation is 2. The van der Waals surface area contributed by atoms with Gasteiger partial charge in [0.25, 0.3) is 0 Å². The number of amides is 1. The maximum atomic E-state index is 12.6. The molecule has 130 valence electrons. The molecule has 0 aromatic carbocycles. The van der Waals surface area contributed by atoms with E-state index in [1.165, 1.54) is 14.0 Å². The van der Waals surface area contributed by atoms with Gasteiger partial charge in [0.2, 0.25) is 15.9 Å². The molecule has 0 radical (unpaired) electrons. The lowest BCUT2D eigenvalue weighted by Crippen LogP contribution is -2.49. The summed E-state index contributed by atoms with van der Waals surface area (Å²) in [7, 11) is -2.43. The van der Waals surface area contributed by atoms with Gasteiger partial charge in [-0.2, -0.15) is 4.31 Å². The molecule has 0 aliphatic carbocycles. The smallest absolute Gasteiger partial charge is 0.248 e. The summed E-state index contributed by atoms with van der Waals surface area (Å²) in [5.74, 6) is -0.0104. The molecular formula is C14H23N3O5S. The van der Waals surface area contributed by atoms with Crippen LogP contribution in [0.4, 0.5) is 0 Å². The number of aromatic nitrogens is 1. The molecule has 9 heteroatoms. The van der Waals surface area contributed by atoms with Crippen molar-refractivity contribution in [1.82, 2.24) is 14.4 Å². The van der Waals surface area contributed by atoms with Gasteiger partial charge in [0, 0.05) is 20.1 Å². The van der Waals surface area contributed by atoms with E-state index in [-0.39, 0.29) is 29.2 Å². The molecule has 0 N–H and O–H groups in total. The molecule has 23 heavy (non-hydrogen) atoms. The molecule has 1 amide bonds. The van der Waals surface area contributed by atoms with Gasteiger partial charge >= 0.3 is 0 Å².